The van der Waals surface area contributed by atoms with E-state index in [2.05, 4.69) is 9.72 Å². The molecule has 1 aromatic carbocycles. The van der Waals surface area contributed by atoms with Crippen LogP contribution >= 0.6 is 0 Å². The summed E-state index contributed by atoms with van der Waals surface area (Å²) in [5.74, 6) is -2.17. The van der Waals surface area contributed by atoms with E-state index in [1.54, 1.807) is 0 Å². The summed E-state index contributed by atoms with van der Waals surface area (Å²) in [4.78, 5) is 14.1. The molecular formula is C15H10F5NO4. The second kappa shape index (κ2) is 7.32. The minimum Gasteiger partial charge on any atom is -0.481 e. The summed E-state index contributed by atoms with van der Waals surface area (Å²) < 4.78 is 71.8. The summed E-state index contributed by atoms with van der Waals surface area (Å²) in [7, 11) is 0. The van der Waals surface area contributed by atoms with E-state index in [9.17, 15) is 26.7 Å². The second-order valence-corrected chi connectivity index (χ2v) is 4.72. The molecule has 0 atom stereocenters. The average Bonchev–Trinajstić information content (AvgIpc) is 2.48. The molecule has 0 aliphatic carbocycles. The largest absolute Gasteiger partial charge is 0.481 e. The minimum absolute atomic E-state index is 0.177. The summed E-state index contributed by atoms with van der Waals surface area (Å²) >= 11 is 0. The van der Waals surface area contributed by atoms with Crippen LogP contribution in [0.5, 0.6) is 17.4 Å². The fourth-order valence-corrected chi connectivity index (χ4v) is 1.83. The fraction of sp³-hybridized carbons (Fsp3) is 0.200. The highest BCUT2D eigenvalue weighted by molar-refractivity contribution is 5.70. The molecule has 0 fully saturated rings. The Hall–Kier alpha value is -2.91. The number of rotatable bonds is 6. The Morgan fingerprint density at radius 2 is 1.88 bits per heavy atom. The number of carbonyl (C=O) groups is 1. The van der Waals surface area contributed by atoms with Gasteiger partial charge in [-0.25, -0.2) is 4.98 Å². The van der Waals surface area contributed by atoms with Gasteiger partial charge in [0.25, 0.3) is 0 Å². The smallest absolute Gasteiger partial charge is 0.417 e. The van der Waals surface area contributed by atoms with Gasteiger partial charge in [0.15, 0.2) is 11.5 Å². The molecule has 134 valence electrons. The Labute approximate surface area is 137 Å². The van der Waals surface area contributed by atoms with Crippen molar-refractivity contribution in [3.63, 3.8) is 0 Å². The lowest BCUT2D eigenvalue weighted by Gasteiger charge is -2.13. The third kappa shape index (κ3) is 5.30. The summed E-state index contributed by atoms with van der Waals surface area (Å²) in [6.45, 7) is -3.21. The van der Waals surface area contributed by atoms with Crippen molar-refractivity contribution in [2.45, 2.75) is 19.2 Å². The molecule has 0 unspecified atom stereocenters. The van der Waals surface area contributed by atoms with Gasteiger partial charge in [0.05, 0.1) is 12.0 Å². The van der Waals surface area contributed by atoms with E-state index in [1.165, 1.54) is 6.07 Å². The Balaban J connectivity index is 2.26. The number of carboxylic acids is 1. The standard InChI is InChI=1S/C15H10F5NO4/c16-14(17)25-11-5-8(6-13(22)23)1-3-10(11)24-12-4-2-9(7-21-12)15(18,19)20/h1-5,7,14H,6H2,(H,22,23). The van der Waals surface area contributed by atoms with Crippen LogP contribution in [0.2, 0.25) is 0 Å². The first-order chi connectivity index (χ1) is 11.6. The molecule has 0 saturated heterocycles. The number of hydrogen-bond acceptors (Lipinski definition) is 4. The molecule has 5 nitrogen and oxygen atoms in total. The molecule has 0 saturated carbocycles. The molecule has 0 aliphatic rings. The minimum atomic E-state index is -4.58. The molecule has 0 amide bonds. The van der Waals surface area contributed by atoms with Crippen molar-refractivity contribution in [3.05, 3.63) is 47.7 Å². The van der Waals surface area contributed by atoms with E-state index >= 15 is 0 Å². The number of hydrogen-bond donors (Lipinski definition) is 1. The van der Waals surface area contributed by atoms with Gasteiger partial charge in [-0.3, -0.25) is 4.79 Å². The van der Waals surface area contributed by atoms with Crippen molar-refractivity contribution >= 4 is 5.97 Å². The van der Waals surface area contributed by atoms with Crippen molar-refractivity contribution in [3.8, 4) is 17.4 Å². The van der Waals surface area contributed by atoms with E-state index in [1.807, 2.05) is 0 Å². The molecule has 25 heavy (non-hydrogen) atoms. The summed E-state index contributed by atoms with van der Waals surface area (Å²) in [5, 5.41) is 8.71. The van der Waals surface area contributed by atoms with Crippen molar-refractivity contribution in [2.24, 2.45) is 0 Å². The number of alkyl halides is 5. The van der Waals surface area contributed by atoms with Crippen LogP contribution in [0, 0.1) is 0 Å². The predicted octanol–water partition coefficient (Wildman–Crippen LogP) is 4.12. The molecule has 1 aromatic heterocycles. The molecule has 0 bridgehead atoms. The normalized spacial score (nSPS) is 11.4. The lowest BCUT2D eigenvalue weighted by atomic mass is 10.1. The van der Waals surface area contributed by atoms with E-state index in [0.717, 1.165) is 24.3 Å². The van der Waals surface area contributed by atoms with Gasteiger partial charge in [-0.05, 0) is 23.8 Å². The first-order valence-electron chi connectivity index (χ1n) is 6.66. The molecule has 0 spiro atoms. The Morgan fingerprint density at radius 1 is 1.16 bits per heavy atom. The lowest BCUT2D eigenvalue weighted by molar-refractivity contribution is -0.138. The van der Waals surface area contributed by atoms with Gasteiger partial charge in [0, 0.05) is 12.3 Å². The van der Waals surface area contributed by atoms with Gasteiger partial charge in [0.1, 0.15) is 0 Å². The van der Waals surface area contributed by atoms with Gasteiger partial charge in [0.2, 0.25) is 5.88 Å². The molecule has 10 heteroatoms. The Kier molecular flexibility index (Phi) is 5.40. The van der Waals surface area contributed by atoms with Crippen LogP contribution in [-0.2, 0) is 17.4 Å². The zero-order valence-electron chi connectivity index (χ0n) is 12.3. The van der Waals surface area contributed by atoms with Gasteiger partial charge < -0.3 is 14.6 Å². The number of benzene rings is 1. The number of aliphatic carboxylic acids is 1. The second-order valence-electron chi connectivity index (χ2n) is 4.72. The highest BCUT2D eigenvalue weighted by Crippen LogP contribution is 2.34. The molecule has 1 heterocycles. The van der Waals surface area contributed by atoms with Crippen molar-refractivity contribution < 1.29 is 41.3 Å². The zero-order valence-corrected chi connectivity index (χ0v) is 12.3. The summed E-state index contributed by atoms with van der Waals surface area (Å²) in [6, 6.07) is 5.13. The lowest BCUT2D eigenvalue weighted by Crippen LogP contribution is -2.06. The predicted molar refractivity (Wildman–Crippen MR) is 73.7 cm³/mol. The number of nitrogens with zero attached hydrogens (tertiary/aromatic N) is 1. The number of carboxylic acid groups (broad SMARTS) is 1. The van der Waals surface area contributed by atoms with Crippen molar-refractivity contribution in [1.29, 1.82) is 0 Å². The topological polar surface area (TPSA) is 68.7 Å². The first-order valence-corrected chi connectivity index (χ1v) is 6.66. The van der Waals surface area contributed by atoms with Gasteiger partial charge >= 0.3 is 18.8 Å². The monoisotopic (exact) mass is 363 g/mol. The van der Waals surface area contributed by atoms with Crippen LogP contribution in [0.4, 0.5) is 22.0 Å². The van der Waals surface area contributed by atoms with Crippen LogP contribution in [0.15, 0.2) is 36.5 Å². The van der Waals surface area contributed by atoms with Crippen LogP contribution < -0.4 is 9.47 Å². The van der Waals surface area contributed by atoms with Crippen LogP contribution in [-0.4, -0.2) is 22.7 Å². The highest BCUT2D eigenvalue weighted by atomic mass is 19.4. The SMILES string of the molecule is O=C(O)Cc1ccc(Oc2ccc(C(F)(F)F)cn2)c(OC(F)F)c1. The van der Waals surface area contributed by atoms with E-state index < -0.39 is 36.5 Å². The zero-order chi connectivity index (χ0) is 18.6. The summed E-state index contributed by atoms with van der Waals surface area (Å²) in [6.07, 6.45) is -4.48. The number of halogens is 5. The molecule has 2 rings (SSSR count). The van der Waals surface area contributed by atoms with Crippen LogP contribution in [0.1, 0.15) is 11.1 Å². The average molecular weight is 363 g/mol. The molecule has 0 aliphatic heterocycles. The highest BCUT2D eigenvalue weighted by Gasteiger charge is 2.30. The fourth-order valence-electron chi connectivity index (χ4n) is 1.83. The van der Waals surface area contributed by atoms with Crippen molar-refractivity contribution in [2.75, 3.05) is 0 Å². The third-order valence-corrected chi connectivity index (χ3v) is 2.86. The number of aromatic nitrogens is 1. The van der Waals surface area contributed by atoms with Crippen LogP contribution in [0.25, 0.3) is 0 Å². The molecule has 0 radical (unpaired) electrons. The maximum Gasteiger partial charge on any atom is 0.417 e. The Morgan fingerprint density at radius 3 is 2.40 bits per heavy atom. The molecule has 1 N–H and O–H groups in total. The maximum atomic E-state index is 12.5. The van der Waals surface area contributed by atoms with Gasteiger partial charge in [-0.2, -0.15) is 22.0 Å². The Bertz CT molecular complexity index is 747. The quantitative estimate of drug-likeness (QED) is 0.782. The van der Waals surface area contributed by atoms with E-state index in [-0.39, 0.29) is 17.2 Å². The number of ether oxygens (including phenoxy) is 2. The first kappa shape index (κ1) is 18.4. The molecular weight excluding hydrogens is 353 g/mol. The van der Waals surface area contributed by atoms with Gasteiger partial charge in [-0.1, -0.05) is 6.07 Å². The van der Waals surface area contributed by atoms with E-state index in [0.29, 0.717) is 6.20 Å². The molecule has 2 aromatic rings. The number of pyridine rings is 1. The summed E-state index contributed by atoms with van der Waals surface area (Å²) in [5.41, 5.74) is -0.823. The third-order valence-electron chi connectivity index (χ3n) is 2.86. The van der Waals surface area contributed by atoms with Gasteiger partial charge in [-0.15, -0.1) is 0 Å². The maximum absolute atomic E-state index is 12.5. The van der Waals surface area contributed by atoms with Crippen LogP contribution in [0.3, 0.4) is 0 Å². The van der Waals surface area contributed by atoms with E-state index in [4.69, 9.17) is 9.84 Å². The van der Waals surface area contributed by atoms with Crippen molar-refractivity contribution in [1.82, 2.24) is 4.98 Å².